The number of hydrogen-bond donors (Lipinski definition) is 0. The van der Waals surface area contributed by atoms with Crippen LogP contribution in [-0.2, 0) is 0 Å². The first kappa shape index (κ1) is 17.5. The van der Waals surface area contributed by atoms with E-state index in [2.05, 4.69) is 45.7 Å². The Labute approximate surface area is 161 Å². The number of allylic oxidation sites excluding steroid dienone is 4. The molecular formula is C25H39N. The lowest BCUT2D eigenvalue weighted by Gasteiger charge is -2.58. The van der Waals surface area contributed by atoms with Crippen molar-refractivity contribution in [3.63, 3.8) is 0 Å². The van der Waals surface area contributed by atoms with Crippen LogP contribution in [0.4, 0.5) is 0 Å². The van der Waals surface area contributed by atoms with Crippen LogP contribution in [0.25, 0.3) is 0 Å². The lowest BCUT2D eigenvalue weighted by Crippen LogP contribution is -2.51. The van der Waals surface area contributed by atoms with Gasteiger partial charge in [-0.25, -0.2) is 0 Å². The Bertz CT molecular complexity index is 668. The van der Waals surface area contributed by atoms with Crippen LogP contribution in [0.1, 0.15) is 79.1 Å². The second kappa shape index (κ2) is 5.72. The predicted molar refractivity (Wildman–Crippen MR) is 110 cm³/mol. The van der Waals surface area contributed by atoms with E-state index in [1.165, 1.54) is 57.9 Å². The van der Waals surface area contributed by atoms with Crippen molar-refractivity contribution in [2.45, 2.75) is 85.1 Å². The average Bonchev–Trinajstić information content (AvgIpc) is 3.08. The van der Waals surface area contributed by atoms with E-state index in [0.29, 0.717) is 10.8 Å². The topological polar surface area (TPSA) is 3.24 Å². The quantitative estimate of drug-likeness (QED) is 0.468. The Kier molecular flexibility index (Phi) is 3.86. The summed E-state index contributed by atoms with van der Waals surface area (Å²) in [5.74, 6) is 3.95. The second-order valence-corrected chi connectivity index (χ2v) is 11.2. The fourth-order valence-corrected chi connectivity index (χ4v) is 8.73. The number of fused-ring (bicyclic) bond motifs is 4. The lowest BCUT2D eigenvalue weighted by atomic mass is 9.47. The van der Waals surface area contributed by atoms with Gasteiger partial charge in [0.15, 0.2) is 0 Å². The molecule has 1 heterocycles. The van der Waals surface area contributed by atoms with Crippen LogP contribution < -0.4 is 0 Å². The van der Waals surface area contributed by atoms with Gasteiger partial charge in [0.05, 0.1) is 0 Å². The van der Waals surface area contributed by atoms with Gasteiger partial charge < -0.3 is 4.90 Å². The lowest BCUT2D eigenvalue weighted by molar-refractivity contribution is -0.0365. The zero-order chi connectivity index (χ0) is 18.3. The number of likely N-dealkylation sites (tertiary alicyclic amines) is 1. The molecule has 0 aromatic rings. The summed E-state index contributed by atoms with van der Waals surface area (Å²) in [5, 5.41) is 0. The molecule has 0 N–H and O–H groups in total. The van der Waals surface area contributed by atoms with Gasteiger partial charge >= 0.3 is 0 Å². The maximum absolute atomic E-state index is 2.73. The highest BCUT2D eigenvalue weighted by atomic mass is 15.2. The molecule has 1 spiro atoms. The summed E-state index contributed by atoms with van der Waals surface area (Å²) in [4.78, 5) is 2.70. The van der Waals surface area contributed by atoms with E-state index in [1.807, 2.05) is 5.57 Å². The Morgan fingerprint density at radius 1 is 1.08 bits per heavy atom. The monoisotopic (exact) mass is 353 g/mol. The molecule has 0 amide bonds. The molecule has 1 nitrogen and oxygen atoms in total. The molecule has 3 saturated carbocycles. The van der Waals surface area contributed by atoms with Crippen LogP contribution in [0.2, 0.25) is 0 Å². The molecule has 0 radical (unpaired) electrons. The van der Waals surface area contributed by atoms with Gasteiger partial charge in [-0.1, -0.05) is 29.7 Å². The predicted octanol–water partition coefficient (Wildman–Crippen LogP) is 6.22. The Morgan fingerprint density at radius 2 is 1.85 bits per heavy atom. The summed E-state index contributed by atoms with van der Waals surface area (Å²) in [6.07, 6.45) is 14.3. The molecule has 0 aromatic heterocycles. The van der Waals surface area contributed by atoms with E-state index in [0.717, 1.165) is 29.7 Å². The summed E-state index contributed by atoms with van der Waals surface area (Å²) in [6, 6.07) is 0.816. The van der Waals surface area contributed by atoms with Gasteiger partial charge in [0, 0.05) is 12.6 Å². The van der Waals surface area contributed by atoms with Crippen molar-refractivity contribution < 1.29 is 0 Å². The summed E-state index contributed by atoms with van der Waals surface area (Å²) in [6.45, 7) is 11.2. The molecule has 1 aliphatic heterocycles. The molecular weight excluding hydrogens is 314 g/mol. The van der Waals surface area contributed by atoms with E-state index >= 15 is 0 Å². The molecule has 1 unspecified atom stereocenters. The van der Waals surface area contributed by atoms with Crippen molar-refractivity contribution in [3.05, 3.63) is 22.8 Å². The van der Waals surface area contributed by atoms with Gasteiger partial charge in [0.25, 0.3) is 0 Å². The van der Waals surface area contributed by atoms with E-state index in [9.17, 15) is 0 Å². The molecule has 4 aliphatic carbocycles. The van der Waals surface area contributed by atoms with Crippen molar-refractivity contribution in [1.82, 2.24) is 4.90 Å². The molecule has 4 fully saturated rings. The molecule has 144 valence electrons. The zero-order valence-corrected chi connectivity index (χ0v) is 17.8. The molecule has 0 aromatic carbocycles. The molecule has 1 saturated heterocycles. The number of rotatable bonds is 0. The van der Waals surface area contributed by atoms with E-state index in [1.54, 1.807) is 11.1 Å². The maximum atomic E-state index is 2.73. The first-order valence-electron chi connectivity index (χ1n) is 11.4. The van der Waals surface area contributed by atoms with Crippen LogP contribution in [0.3, 0.4) is 0 Å². The smallest absolute Gasteiger partial charge is 0.00982 e. The SMILES string of the molecule is CC(C)=C1CC[C@@]2(C)C(=CC[C@H]3C4CC[C@@H]5[C@H](C)N(C)C[C@]45CC[C@@H]32)C1. The number of hydrogen-bond acceptors (Lipinski definition) is 1. The van der Waals surface area contributed by atoms with Crippen molar-refractivity contribution >= 4 is 0 Å². The van der Waals surface area contributed by atoms with E-state index in [-0.39, 0.29) is 0 Å². The maximum Gasteiger partial charge on any atom is 0.00982 e. The van der Waals surface area contributed by atoms with Gasteiger partial charge in [0.1, 0.15) is 0 Å². The molecule has 1 heteroatoms. The normalized spacial score (nSPS) is 50.6. The van der Waals surface area contributed by atoms with Gasteiger partial charge in [-0.05, 0) is 114 Å². The third-order valence-electron chi connectivity index (χ3n) is 10.3. The molecule has 0 bridgehead atoms. The van der Waals surface area contributed by atoms with Gasteiger partial charge in [0.2, 0.25) is 0 Å². The summed E-state index contributed by atoms with van der Waals surface area (Å²) >= 11 is 0. The Balaban J connectivity index is 1.48. The Morgan fingerprint density at radius 3 is 2.62 bits per heavy atom. The van der Waals surface area contributed by atoms with Crippen LogP contribution in [0, 0.1) is 34.5 Å². The highest BCUT2D eigenvalue weighted by Crippen LogP contribution is 2.68. The third kappa shape index (κ3) is 2.13. The van der Waals surface area contributed by atoms with Crippen LogP contribution >= 0.6 is 0 Å². The van der Waals surface area contributed by atoms with Crippen molar-refractivity contribution in [1.29, 1.82) is 0 Å². The van der Waals surface area contributed by atoms with Gasteiger partial charge in [-0.15, -0.1) is 0 Å². The number of nitrogens with zero attached hydrogens (tertiary/aromatic N) is 1. The van der Waals surface area contributed by atoms with E-state index < -0.39 is 0 Å². The largest absolute Gasteiger partial charge is 0.303 e. The summed E-state index contributed by atoms with van der Waals surface area (Å²) in [7, 11) is 2.39. The summed E-state index contributed by atoms with van der Waals surface area (Å²) < 4.78 is 0. The molecule has 5 rings (SSSR count). The van der Waals surface area contributed by atoms with E-state index in [4.69, 9.17) is 0 Å². The van der Waals surface area contributed by atoms with Crippen LogP contribution in [0.15, 0.2) is 22.8 Å². The third-order valence-corrected chi connectivity index (χ3v) is 10.3. The average molecular weight is 354 g/mol. The van der Waals surface area contributed by atoms with Crippen molar-refractivity contribution in [2.24, 2.45) is 34.5 Å². The Hall–Kier alpha value is -0.560. The van der Waals surface area contributed by atoms with Crippen LogP contribution in [0.5, 0.6) is 0 Å². The van der Waals surface area contributed by atoms with Gasteiger partial charge in [-0.3, -0.25) is 0 Å². The first-order valence-corrected chi connectivity index (χ1v) is 11.4. The molecule has 7 atom stereocenters. The molecule has 26 heavy (non-hydrogen) atoms. The minimum Gasteiger partial charge on any atom is -0.303 e. The standard InChI is InChI=1S/C25H39N/c1-16(2)18-10-12-24(4)19(14-18)6-7-20-22(24)11-13-25-15-26(5)17(3)21(25)8-9-23(20)25/h6,17,20-23H,7-15H2,1-5H3/t17-,20+,21+,22-,23?,24-,25-/m0/s1. The highest BCUT2D eigenvalue weighted by Gasteiger charge is 2.63. The summed E-state index contributed by atoms with van der Waals surface area (Å²) in [5.41, 5.74) is 6.34. The molecule has 5 aliphatic rings. The van der Waals surface area contributed by atoms with Gasteiger partial charge in [-0.2, -0.15) is 0 Å². The fraction of sp³-hybridized carbons (Fsp3) is 0.840. The van der Waals surface area contributed by atoms with Crippen LogP contribution in [-0.4, -0.2) is 24.5 Å². The minimum absolute atomic E-state index is 0.512. The van der Waals surface area contributed by atoms with Crippen molar-refractivity contribution in [2.75, 3.05) is 13.6 Å². The van der Waals surface area contributed by atoms with Crippen molar-refractivity contribution in [3.8, 4) is 0 Å². The zero-order valence-electron chi connectivity index (χ0n) is 17.8. The second-order valence-electron chi connectivity index (χ2n) is 11.2. The highest BCUT2D eigenvalue weighted by molar-refractivity contribution is 5.33. The first-order chi connectivity index (χ1) is 12.4. The fourth-order valence-electron chi connectivity index (χ4n) is 8.73. The minimum atomic E-state index is 0.512.